The van der Waals surface area contributed by atoms with Crippen LogP contribution in [-0.4, -0.2) is 29.1 Å². The van der Waals surface area contributed by atoms with Crippen LogP contribution in [0.3, 0.4) is 0 Å². The lowest BCUT2D eigenvalue weighted by atomic mass is 10.1. The molecule has 0 saturated heterocycles. The lowest BCUT2D eigenvalue weighted by molar-refractivity contribution is 0.0951. The number of carbonyl (C=O) groups excluding carboxylic acids is 1. The third-order valence-corrected chi connectivity index (χ3v) is 4.82. The zero-order valence-electron chi connectivity index (χ0n) is 15.8. The Balaban J connectivity index is 1.71. The van der Waals surface area contributed by atoms with Crippen molar-refractivity contribution >= 4 is 17.5 Å². The van der Waals surface area contributed by atoms with Crippen molar-refractivity contribution in [3.63, 3.8) is 0 Å². The summed E-state index contributed by atoms with van der Waals surface area (Å²) in [5.74, 6) is 0.206. The third-order valence-electron chi connectivity index (χ3n) is 4.45. The number of hydrogen-bond donors (Lipinski definition) is 2. The Kier molecular flexibility index (Phi) is 6.51. The minimum Gasteiger partial charge on any atom is -0.497 e. The first-order chi connectivity index (χ1) is 14.0. The van der Waals surface area contributed by atoms with E-state index < -0.39 is 17.2 Å². The van der Waals surface area contributed by atoms with Crippen LogP contribution >= 0.6 is 11.6 Å². The third kappa shape index (κ3) is 4.94. The van der Waals surface area contributed by atoms with E-state index >= 15 is 0 Å². The number of nitrogens with one attached hydrogen (secondary N) is 2. The smallest absolute Gasteiger partial charge is 0.328 e. The number of carbonyl (C=O) groups is 1. The minimum absolute atomic E-state index is 0.0270. The van der Waals surface area contributed by atoms with Crippen molar-refractivity contribution < 1.29 is 9.53 Å². The van der Waals surface area contributed by atoms with Crippen molar-refractivity contribution in [3.05, 3.63) is 97.3 Å². The molecule has 0 atom stereocenters. The van der Waals surface area contributed by atoms with Gasteiger partial charge in [-0.3, -0.25) is 14.2 Å². The van der Waals surface area contributed by atoms with Gasteiger partial charge in [0.25, 0.3) is 11.5 Å². The summed E-state index contributed by atoms with van der Waals surface area (Å²) in [6.07, 6.45) is 1.73. The maximum atomic E-state index is 12.7. The van der Waals surface area contributed by atoms with Crippen LogP contribution in [0, 0.1) is 0 Å². The normalized spacial score (nSPS) is 10.6. The SMILES string of the molecule is COc1ccc(CCNC(=O)c2c[nH]c(=O)n(Cc3ccccc3Cl)c2=O)cc1. The highest BCUT2D eigenvalue weighted by Crippen LogP contribution is 2.15. The number of rotatable bonds is 7. The molecule has 0 spiro atoms. The van der Waals surface area contributed by atoms with E-state index in [0.29, 0.717) is 23.6 Å². The van der Waals surface area contributed by atoms with E-state index in [1.807, 2.05) is 24.3 Å². The second kappa shape index (κ2) is 9.25. The molecule has 3 aromatic rings. The molecule has 0 radical (unpaired) electrons. The van der Waals surface area contributed by atoms with Gasteiger partial charge in [0.15, 0.2) is 0 Å². The Labute approximate surface area is 171 Å². The summed E-state index contributed by atoms with van der Waals surface area (Å²) >= 11 is 6.11. The largest absolute Gasteiger partial charge is 0.497 e. The van der Waals surface area contributed by atoms with Crippen LogP contribution in [0.2, 0.25) is 5.02 Å². The molecular formula is C21H20ClN3O4. The summed E-state index contributed by atoms with van der Waals surface area (Å²) in [7, 11) is 1.60. The predicted octanol–water partition coefficient (Wildman–Crippen LogP) is 2.22. The van der Waals surface area contributed by atoms with Gasteiger partial charge in [-0.15, -0.1) is 0 Å². The van der Waals surface area contributed by atoms with Crippen molar-refractivity contribution in [2.75, 3.05) is 13.7 Å². The molecule has 1 amide bonds. The van der Waals surface area contributed by atoms with Gasteiger partial charge in [0.1, 0.15) is 11.3 Å². The van der Waals surface area contributed by atoms with Crippen molar-refractivity contribution in [1.29, 1.82) is 0 Å². The average Bonchev–Trinajstić information content (AvgIpc) is 2.73. The maximum absolute atomic E-state index is 12.7. The van der Waals surface area contributed by atoms with Gasteiger partial charge in [0.2, 0.25) is 0 Å². The summed E-state index contributed by atoms with van der Waals surface area (Å²) in [6.45, 7) is 0.315. The summed E-state index contributed by atoms with van der Waals surface area (Å²) < 4.78 is 6.07. The number of ether oxygens (including phenoxy) is 1. The summed E-state index contributed by atoms with van der Waals surface area (Å²) in [5.41, 5.74) is 0.217. The fourth-order valence-corrected chi connectivity index (χ4v) is 3.02. The van der Waals surface area contributed by atoms with Crippen molar-refractivity contribution in [3.8, 4) is 5.75 Å². The molecule has 2 aromatic carbocycles. The number of amides is 1. The highest BCUT2D eigenvalue weighted by Gasteiger charge is 2.15. The van der Waals surface area contributed by atoms with E-state index in [2.05, 4.69) is 10.3 Å². The van der Waals surface area contributed by atoms with Gasteiger partial charge < -0.3 is 15.0 Å². The zero-order valence-corrected chi connectivity index (χ0v) is 16.5. The fraction of sp³-hybridized carbons (Fsp3) is 0.190. The Morgan fingerprint density at radius 1 is 1.14 bits per heavy atom. The Hall–Kier alpha value is -3.32. The van der Waals surface area contributed by atoms with Gasteiger partial charge in [-0.25, -0.2) is 4.79 Å². The molecule has 0 aliphatic rings. The Bertz CT molecular complexity index is 1120. The Morgan fingerprint density at radius 2 is 1.86 bits per heavy atom. The van der Waals surface area contributed by atoms with Crippen LogP contribution in [0.15, 0.2) is 64.3 Å². The number of aromatic amines is 1. The molecular weight excluding hydrogens is 394 g/mol. The van der Waals surface area contributed by atoms with Crippen LogP contribution in [0.1, 0.15) is 21.5 Å². The number of hydrogen-bond acceptors (Lipinski definition) is 4. The maximum Gasteiger partial charge on any atom is 0.328 e. The van der Waals surface area contributed by atoms with Gasteiger partial charge in [-0.2, -0.15) is 0 Å². The average molecular weight is 414 g/mol. The predicted molar refractivity (Wildman–Crippen MR) is 111 cm³/mol. The van der Waals surface area contributed by atoms with Crippen LogP contribution < -0.4 is 21.3 Å². The first-order valence-corrected chi connectivity index (χ1v) is 9.34. The van der Waals surface area contributed by atoms with Crippen LogP contribution in [-0.2, 0) is 13.0 Å². The van der Waals surface area contributed by atoms with E-state index in [1.54, 1.807) is 31.4 Å². The number of methoxy groups -OCH3 is 1. The lowest BCUT2D eigenvalue weighted by Crippen LogP contribution is -2.41. The van der Waals surface area contributed by atoms with Crippen LogP contribution in [0.4, 0.5) is 0 Å². The lowest BCUT2D eigenvalue weighted by Gasteiger charge is -2.09. The van der Waals surface area contributed by atoms with E-state index in [-0.39, 0.29) is 12.1 Å². The molecule has 1 aromatic heterocycles. The summed E-state index contributed by atoms with van der Waals surface area (Å²) in [5, 5.41) is 3.15. The first kappa shape index (κ1) is 20.4. The molecule has 1 heterocycles. The van der Waals surface area contributed by atoms with Gasteiger partial charge >= 0.3 is 5.69 Å². The summed E-state index contributed by atoms with van der Waals surface area (Å²) in [4.78, 5) is 39.7. The second-order valence-corrected chi connectivity index (χ2v) is 6.75. The molecule has 0 aliphatic carbocycles. The molecule has 150 valence electrons. The summed E-state index contributed by atoms with van der Waals surface area (Å²) in [6, 6.07) is 14.4. The van der Waals surface area contributed by atoms with Crippen molar-refractivity contribution in [2.24, 2.45) is 0 Å². The highest BCUT2D eigenvalue weighted by atomic mass is 35.5. The Morgan fingerprint density at radius 3 is 2.55 bits per heavy atom. The zero-order chi connectivity index (χ0) is 20.8. The number of aromatic nitrogens is 2. The van der Waals surface area contributed by atoms with Crippen LogP contribution in [0.25, 0.3) is 0 Å². The molecule has 2 N–H and O–H groups in total. The van der Waals surface area contributed by atoms with Crippen molar-refractivity contribution in [2.45, 2.75) is 13.0 Å². The standard InChI is InChI=1S/C21H20ClN3O4/c1-29-16-8-6-14(7-9-16)10-11-23-19(26)17-12-24-21(28)25(20(17)27)13-15-4-2-3-5-18(15)22/h2-9,12H,10-11,13H2,1H3,(H,23,26)(H,24,28). The minimum atomic E-state index is -0.671. The molecule has 3 rings (SSSR count). The monoisotopic (exact) mass is 413 g/mol. The fourth-order valence-electron chi connectivity index (χ4n) is 2.82. The van der Waals surface area contributed by atoms with Gasteiger partial charge in [0.05, 0.1) is 13.7 Å². The molecule has 0 saturated carbocycles. The van der Waals surface area contributed by atoms with Gasteiger partial charge in [-0.1, -0.05) is 41.9 Å². The highest BCUT2D eigenvalue weighted by molar-refractivity contribution is 6.31. The first-order valence-electron chi connectivity index (χ1n) is 8.96. The molecule has 0 bridgehead atoms. The molecule has 8 heteroatoms. The van der Waals surface area contributed by atoms with E-state index in [1.165, 1.54) is 0 Å². The number of H-pyrrole nitrogens is 1. The second-order valence-electron chi connectivity index (χ2n) is 6.34. The van der Waals surface area contributed by atoms with Gasteiger partial charge in [0, 0.05) is 17.8 Å². The van der Waals surface area contributed by atoms with Crippen LogP contribution in [0.5, 0.6) is 5.75 Å². The topological polar surface area (TPSA) is 93.2 Å². The molecule has 7 nitrogen and oxygen atoms in total. The number of nitrogens with zero attached hydrogens (tertiary/aromatic N) is 1. The molecule has 0 unspecified atom stereocenters. The van der Waals surface area contributed by atoms with Crippen molar-refractivity contribution in [1.82, 2.24) is 14.9 Å². The van der Waals surface area contributed by atoms with E-state index in [9.17, 15) is 14.4 Å². The van der Waals surface area contributed by atoms with Gasteiger partial charge in [-0.05, 0) is 35.7 Å². The molecule has 29 heavy (non-hydrogen) atoms. The molecule has 0 aliphatic heterocycles. The number of benzene rings is 2. The number of halogens is 1. The quantitative estimate of drug-likeness (QED) is 0.621. The van der Waals surface area contributed by atoms with E-state index in [4.69, 9.17) is 16.3 Å². The molecule has 0 fully saturated rings. The van der Waals surface area contributed by atoms with E-state index in [0.717, 1.165) is 22.1 Å².